The molecule has 3 amide bonds. The summed E-state index contributed by atoms with van der Waals surface area (Å²) in [5.74, 6) is -2.26. The number of hydrogen-bond donors (Lipinski definition) is 1. The minimum atomic E-state index is -1.18. The Hall–Kier alpha value is -2.41. The van der Waals surface area contributed by atoms with Gasteiger partial charge in [0.05, 0.1) is 22.5 Å². The van der Waals surface area contributed by atoms with Gasteiger partial charge in [0.2, 0.25) is 17.7 Å². The first-order chi connectivity index (χ1) is 15.3. The molecule has 2 aromatic carbocycles. The number of halogens is 2. The van der Waals surface area contributed by atoms with Crippen LogP contribution in [0.15, 0.2) is 30.3 Å². The number of nitrogens with one attached hydrogen (secondary N) is 1. The van der Waals surface area contributed by atoms with Crippen LogP contribution >= 0.6 is 23.2 Å². The van der Waals surface area contributed by atoms with Crippen LogP contribution in [-0.2, 0) is 19.9 Å². The molecule has 4 aliphatic rings. The van der Waals surface area contributed by atoms with Crippen molar-refractivity contribution in [2.45, 2.75) is 38.3 Å². The van der Waals surface area contributed by atoms with Crippen LogP contribution in [0.5, 0.6) is 0 Å². The van der Waals surface area contributed by atoms with Gasteiger partial charge in [0, 0.05) is 22.3 Å². The second-order valence-electron chi connectivity index (χ2n) is 9.16. The molecule has 0 bridgehead atoms. The molecule has 4 heterocycles. The summed E-state index contributed by atoms with van der Waals surface area (Å²) in [5, 5.41) is 3.73. The summed E-state index contributed by atoms with van der Waals surface area (Å²) in [4.78, 5) is 44.7. The fourth-order valence-corrected chi connectivity index (χ4v) is 6.91. The van der Waals surface area contributed by atoms with E-state index in [1.165, 1.54) is 11.0 Å². The van der Waals surface area contributed by atoms with E-state index in [2.05, 4.69) is 10.2 Å². The lowest BCUT2D eigenvalue weighted by atomic mass is 9.75. The number of carbonyl (C=O) groups is 3. The van der Waals surface area contributed by atoms with E-state index in [9.17, 15) is 14.4 Å². The highest BCUT2D eigenvalue weighted by molar-refractivity contribution is 6.38. The van der Waals surface area contributed by atoms with Gasteiger partial charge in [-0.3, -0.25) is 19.3 Å². The second-order valence-corrected chi connectivity index (χ2v) is 10.0. The maximum atomic E-state index is 13.9. The lowest BCUT2D eigenvalue weighted by molar-refractivity contribution is -0.135. The van der Waals surface area contributed by atoms with Gasteiger partial charge in [0.1, 0.15) is 5.54 Å². The molecule has 4 atom stereocenters. The third-order valence-corrected chi connectivity index (χ3v) is 8.39. The molecule has 6 nitrogen and oxygen atoms in total. The van der Waals surface area contributed by atoms with Gasteiger partial charge in [-0.1, -0.05) is 35.3 Å². The minimum Gasteiger partial charge on any atom is -0.324 e. The summed E-state index contributed by atoms with van der Waals surface area (Å²) < 4.78 is 0. The van der Waals surface area contributed by atoms with E-state index >= 15 is 0 Å². The summed E-state index contributed by atoms with van der Waals surface area (Å²) in [7, 11) is 0. The average molecular weight is 470 g/mol. The van der Waals surface area contributed by atoms with E-state index in [1.807, 2.05) is 26.0 Å². The molecule has 3 fully saturated rings. The number of rotatable bonds is 1. The van der Waals surface area contributed by atoms with Crippen molar-refractivity contribution in [2.75, 3.05) is 16.8 Å². The number of aryl methyl sites for hydroxylation is 1. The molecule has 3 saturated heterocycles. The van der Waals surface area contributed by atoms with E-state index in [1.54, 1.807) is 12.1 Å². The summed E-state index contributed by atoms with van der Waals surface area (Å²) >= 11 is 12.4. The van der Waals surface area contributed by atoms with Gasteiger partial charge in [0.15, 0.2) is 0 Å². The van der Waals surface area contributed by atoms with Crippen molar-refractivity contribution in [3.05, 3.63) is 57.1 Å². The molecule has 0 unspecified atom stereocenters. The van der Waals surface area contributed by atoms with Crippen LogP contribution in [0.2, 0.25) is 10.0 Å². The number of hydrogen-bond acceptors (Lipinski definition) is 4. The maximum Gasteiger partial charge on any atom is 0.250 e. The number of amides is 3. The van der Waals surface area contributed by atoms with Crippen molar-refractivity contribution in [3.8, 4) is 0 Å². The van der Waals surface area contributed by atoms with Gasteiger partial charge in [-0.15, -0.1) is 0 Å². The highest BCUT2D eigenvalue weighted by atomic mass is 35.5. The Bertz CT molecular complexity index is 1250. The van der Waals surface area contributed by atoms with Crippen LogP contribution in [0.3, 0.4) is 0 Å². The molecule has 164 valence electrons. The third kappa shape index (κ3) is 2.23. The molecule has 1 N–H and O–H groups in total. The zero-order chi connectivity index (χ0) is 22.5. The Kier molecular flexibility index (Phi) is 4.15. The average Bonchev–Trinajstić information content (AvgIpc) is 3.45. The fraction of sp³-hybridized carbons (Fsp3) is 0.375. The number of imide groups is 1. The van der Waals surface area contributed by atoms with Crippen molar-refractivity contribution in [1.29, 1.82) is 0 Å². The predicted molar refractivity (Wildman–Crippen MR) is 122 cm³/mol. The molecule has 0 aliphatic carbocycles. The number of carbonyl (C=O) groups excluding carboxylic acids is 3. The summed E-state index contributed by atoms with van der Waals surface area (Å²) in [6.07, 6.45) is 1.66. The summed E-state index contributed by atoms with van der Waals surface area (Å²) in [5.41, 5.74) is 2.76. The zero-order valence-corrected chi connectivity index (χ0v) is 19.1. The van der Waals surface area contributed by atoms with Gasteiger partial charge in [-0.05, 0) is 62.6 Å². The predicted octanol–water partition coefficient (Wildman–Crippen LogP) is 4.04. The number of anilines is 2. The quantitative estimate of drug-likeness (QED) is 0.639. The first-order valence-electron chi connectivity index (χ1n) is 10.8. The normalized spacial score (nSPS) is 30.8. The molecule has 8 heteroatoms. The highest BCUT2D eigenvalue weighted by Crippen LogP contribution is 2.61. The number of nitrogens with zero attached hydrogens (tertiary/aromatic N) is 2. The van der Waals surface area contributed by atoms with Crippen LogP contribution in [0.4, 0.5) is 11.4 Å². The first-order valence-corrected chi connectivity index (χ1v) is 11.6. The van der Waals surface area contributed by atoms with Crippen molar-refractivity contribution >= 4 is 52.3 Å². The van der Waals surface area contributed by atoms with Crippen LogP contribution < -0.4 is 10.2 Å². The van der Waals surface area contributed by atoms with Gasteiger partial charge < -0.3 is 5.32 Å². The summed E-state index contributed by atoms with van der Waals surface area (Å²) in [6, 6.07) is 8.50. The lowest BCUT2D eigenvalue weighted by Gasteiger charge is -2.36. The van der Waals surface area contributed by atoms with E-state index in [0.29, 0.717) is 17.3 Å². The highest BCUT2D eigenvalue weighted by Gasteiger charge is 2.74. The van der Waals surface area contributed by atoms with Crippen LogP contribution in [-0.4, -0.2) is 35.2 Å². The fourth-order valence-electron chi connectivity index (χ4n) is 6.42. The Morgan fingerprint density at radius 2 is 1.84 bits per heavy atom. The first kappa shape index (κ1) is 20.2. The van der Waals surface area contributed by atoms with Gasteiger partial charge in [-0.2, -0.15) is 0 Å². The minimum absolute atomic E-state index is 0.161. The largest absolute Gasteiger partial charge is 0.324 e. The Morgan fingerprint density at radius 1 is 1.06 bits per heavy atom. The van der Waals surface area contributed by atoms with Crippen molar-refractivity contribution in [1.82, 2.24) is 4.90 Å². The van der Waals surface area contributed by atoms with Crippen LogP contribution in [0.25, 0.3) is 0 Å². The van der Waals surface area contributed by atoms with Gasteiger partial charge in [-0.25, -0.2) is 4.90 Å². The van der Waals surface area contributed by atoms with Crippen LogP contribution in [0, 0.1) is 25.7 Å². The summed E-state index contributed by atoms with van der Waals surface area (Å²) in [6.45, 7) is 4.65. The molecule has 32 heavy (non-hydrogen) atoms. The molecular weight excluding hydrogens is 449 g/mol. The second kappa shape index (κ2) is 6.56. The Labute approximate surface area is 195 Å². The molecule has 4 aliphatic heterocycles. The number of benzene rings is 2. The van der Waals surface area contributed by atoms with Gasteiger partial charge >= 0.3 is 0 Å². The van der Waals surface area contributed by atoms with Crippen molar-refractivity contribution in [3.63, 3.8) is 0 Å². The van der Waals surface area contributed by atoms with Crippen molar-refractivity contribution in [2.24, 2.45) is 11.8 Å². The standard InChI is InChI=1S/C24H21Cl2N3O3/c1-11-5-7-14-20(12(11)2)27-23(32)24(14)19-18(17-4-3-9-28(17)24)21(30)29(22(19)31)16-8-6-13(25)10-15(16)26/h5-8,10,17-19H,3-4,9H2,1-2H3,(H,27,32)/t17-,18-,19+,24+/m1/s1. The Morgan fingerprint density at radius 3 is 2.59 bits per heavy atom. The van der Waals surface area contributed by atoms with E-state index in [-0.39, 0.29) is 28.8 Å². The number of fused-ring (bicyclic) bond motifs is 7. The molecule has 0 saturated carbocycles. The molecular formula is C24H21Cl2N3O3. The maximum absolute atomic E-state index is 13.9. The lowest BCUT2D eigenvalue weighted by Crippen LogP contribution is -2.54. The molecule has 1 spiro atoms. The topological polar surface area (TPSA) is 69.7 Å². The molecule has 0 radical (unpaired) electrons. The smallest absolute Gasteiger partial charge is 0.250 e. The van der Waals surface area contributed by atoms with E-state index in [4.69, 9.17) is 23.2 Å². The SMILES string of the molecule is Cc1ccc2c(c1C)NC(=O)[C@@]21[C@@H]2C(=O)N(c3ccc(Cl)cc3Cl)C(=O)[C@@H]2[C@H]2CCCN21. The molecule has 6 rings (SSSR count). The van der Waals surface area contributed by atoms with Crippen LogP contribution in [0.1, 0.15) is 29.5 Å². The molecule has 0 aromatic heterocycles. The van der Waals surface area contributed by atoms with E-state index < -0.39 is 17.4 Å². The third-order valence-electron chi connectivity index (χ3n) is 7.85. The van der Waals surface area contributed by atoms with Gasteiger partial charge in [0.25, 0.3) is 0 Å². The van der Waals surface area contributed by atoms with Crippen molar-refractivity contribution < 1.29 is 14.4 Å². The Balaban J connectivity index is 1.57. The zero-order valence-electron chi connectivity index (χ0n) is 17.6. The monoisotopic (exact) mass is 469 g/mol. The molecule has 2 aromatic rings. The van der Waals surface area contributed by atoms with E-state index in [0.717, 1.165) is 35.2 Å².